The van der Waals surface area contributed by atoms with Gasteiger partial charge in [-0.15, -0.1) is 0 Å². The van der Waals surface area contributed by atoms with E-state index < -0.39 is 28.3 Å². The summed E-state index contributed by atoms with van der Waals surface area (Å²) in [5.41, 5.74) is 2.51. The van der Waals surface area contributed by atoms with E-state index in [9.17, 15) is 28.1 Å². The fourth-order valence-corrected chi connectivity index (χ4v) is 2.20. The highest BCUT2D eigenvalue weighted by atomic mass is 19.4. The predicted octanol–water partition coefficient (Wildman–Crippen LogP) is 4.55. The Bertz CT molecular complexity index is 839. The van der Waals surface area contributed by atoms with Crippen LogP contribution in [0, 0.1) is 10.1 Å². The van der Waals surface area contributed by atoms with Gasteiger partial charge >= 0.3 is 6.18 Å². The van der Waals surface area contributed by atoms with Crippen LogP contribution in [-0.2, 0) is 6.18 Å². The SMILES string of the molecule is CCCCOc1ccc(C(=O)NNc2ccc(C(F)(F)F)cc2[N+](=O)[O-])cc1. The van der Waals surface area contributed by atoms with E-state index in [1.54, 1.807) is 12.1 Å². The lowest BCUT2D eigenvalue weighted by Crippen LogP contribution is -2.29. The van der Waals surface area contributed by atoms with Gasteiger partial charge in [-0.05, 0) is 42.8 Å². The van der Waals surface area contributed by atoms with Gasteiger partial charge in [0.2, 0.25) is 0 Å². The number of carbonyl (C=O) groups is 1. The van der Waals surface area contributed by atoms with Crippen LogP contribution in [-0.4, -0.2) is 17.4 Å². The van der Waals surface area contributed by atoms with Gasteiger partial charge < -0.3 is 4.74 Å². The Hall–Kier alpha value is -3.30. The highest BCUT2D eigenvalue weighted by Crippen LogP contribution is 2.34. The predicted molar refractivity (Wildman–Crippen MR) is 96.0 cm³/mol. The number of rotatable bonds is 8. The van der Waals surface area contributed by atoms with E-state index in [2.05, 4.69) is 10.9 Å². The highest BCUT2D eigenvalue weighted by Gasteiger charge is 2.33. The number of hydrazine groups is 1. The van der Waals surface area contributed by atoms with E-state index in [-0.39, 0.29) is 11.3 Å². The topological polar surface area (TPSA) is 93.5 Å². The van der Waals surface area contributed by atoms with Crippen molar-refractivity contribution in [2.45, 2.75) is 25.9 Å². The summed E-state index contributed by atoms with van der Waals surface area (Å²) in [6.45, 7) is 2.59. The largest absolute Gasteiger partial charge is 0.494 e. The molecule has 2 rings (SSSR count). The standard InChI is InChI=1S/C18H18F3N3O4/c1-2-3-10-28-14-7-4-12(5-8-14)17(25)23-22-15-9-6-13(18(19,20)21)11-16(15)24(26)27/h4-9,11,22H,2-3,10H2,1H3,(H,23,25). The van der Waals surface area contributed by atoms with E-state index in [1.807, 2.05) is 6.92 Å². The second-order valence-electron chi connectivity index (χ2n) is 5.79. The molecule has 28 heavy (non-hydrogen) atoms. The number of ether oxygens (including phenoxy) is 1. The molecule has 2 aromatic carbocycles. The van der Waals surface area contributed by atoms with Crippen molar-refractivity contribution in [3.05, 3.63) is 63.7 Å². The number of nitro groups is 1. The molecule has 0 saturated carbocycles. The molecule has 0 saturated heterocycles. The van der Waals surface area contributed by atoms with Crippen molar-refractivity contribution in [1.82, 2.24) is 5.43 Å². The maximum atomic E-state index is 12.7. The third-order valence-electron chi connectivity index (χ3n) is 3.72. The number of hydrogen-bond donors (Lipinski definition) is 2. The molecule has 150 valence electrons. The van der Waals surface area contributed by atoms with Crippen LogP contribution in [0.2, 0.25) is 0 Å². The molecule has 10 heteroatoms. The van der Waals surface area contributed by atoms with Crippen LogP contribution in [0.3, 0.4) is 0 Å². The maximum Gasteiger partial charge on any atom is 0.416 e. The minimum Gasteiger partial charge on any atom is -0.494 e. The molecule has 2 aromatic rings. The summed E-state index contributed by atoms with van der Waals surface area (Å²) in [5.74, 6) is -0.0226. The normalized spacial score (nSPS) is 11.0. The Morgan fingerprint density at radius 1 is 1.18 bits per heavy atom. The third-order valence-corrected chi connectivity index (χ3v) is 3.72. The zero-order chi connectivity index (χ0) is 20.7. The monoisotopic (exact) mass is 397 g/mol. The van der Waals surface area contributed by atoms with Crippen LogP contribution < -0.4 is 15.6 Å². The Morgan fingerprint density at radius 2 is 1.86 bits per heavy atom. The first kappa shape index (κ1) is 21.0. The number of benzene rings is 2. The molecule has 7 nitrogen and oxygen atoms in total. The molecule has 0 radical (unpaired) electrons. The summed E-state index contributed by atoms with van der Waals surface area (Å²) in [6, 6.07) is 8.17. The number of nitrogens with one attached hydrogen (secondary N) is 2. The van der Waals surface area contributed by atoms with Gasteiger partial charge in [-0.25, -0.2) is 0 Å². The van der Waals surface area contributed by atoms with Crippen LogP contribution >= 0.6 is 0 Å². The number of amides is 1. The fraction of sp³-hybridized carbons (Fsp3) is 0.278. The maximum absolute atomic E-state index is 12.7. The Balaban J connectivity index is 2.05. The van der Waals surface area contributed by atoms with Gasteiger partial charge in [-0.2, -0.15) is 13.2 Å². The minimum atomic E-state index is -4.71. The molecule has 0 atom stereocenters. The van der Waals surface area contributed by atoms with Crippen LogP contribution in [0.5, 0.6) is 5.75 Å². The number of nitrogens with zero attached hydrogens (tertiary/aromatic N) is 1. The molecule has 0 aliphatic heterocycles. The van der Waals surface area contributed by atoms with E-state index >= 15 is 0 Å². The first-order valence-electron chi connectivity index (χ1n) is 8.37. The molecular formula is C18H18F3N3O4. The molecule has 0 aromatic heterocycles. The number of nitro benzene ring substituents is 1. The number of unbranched alkanes of at least 4 members (excludes halogenated alkanes) is 1. The van der Waals surface area contributed by atoms with Gasteiger partial charge in [0.05, 0.1) is 17.1 Å². The second-order valence-corrected chi connectivity index (χ2v) is 5.79. The van der Waals surface area contributed by atoms with Gasteiger partial charge in [0.15, 0.2) is 0 Å². The molecule has 0 bridgehead atoms. The number of anilines is 1. The third kappa shape index (κ3) is 5.60. The van der Waals surface area contributed by atoms with E-state index in [0.29, 0.717) is 24.5 Å². The first-order chi connectivity index (χ1) is 13.2. The molecule has 1 amide bonds. The van der Waals surface area contributed by atoms with Gasteiger partial charge in [0.25, 0.3) is 11.6 Å². The molecule has 0 aliphatic carbocycles. The number of hydrogen-bond acceptors (Lipinski definition) is 5. The van der Waals surface area contributed by atoms with Gasteiger partial charge in [0, 0.05) is 11.6 Å². The molecular weight excluding hydrogens is 379 g/mol. The fourth-order valence-electron chi connectivity index (χ4n) is 2.20. The van der Waals surface area contributed by atoms with E-state index in [1.165, 1.54) is 12.1 Å². The van der Waals surface area contributed by atoms with Crippen molar-refractivity contribution in [3.8, 4) is 5.75 Å². The summed E-state index contributed by atoms with van der Waals surface area (Å²) in [5, 5.41) is 11.0. The summed E-state index contributed by atoms with van der Waals surface area (Å²) in [4.78, 5) is 22.2. The van der Waals surface area contributed by atoms with Gasteiger partial charge in [-0.1, -0.05) is 13.3 Å². The van der Waals surface area contributed by atoms with Crippen molar-refractivity contribution in [1.29, 1.82) is 0 Å². The van der Waals surface area contributed by atoms with Crippen molar-refractivity contribution in [3.63, 3.8) is 0 Å². The van der Waals surface area contributed by atoms with E-state index in [4.69, 9.17) is 4.74 Å². The van der Waals surface area contributed by atoms with Crippen molar-refractivity contribution < 1.29 is 27.6 Å². The molecule has 0 aliphatic rings. The van der Waals surface area contributed by atoms with Crippen LogP contribution in [0.25, 0.3) is 0 Å². The lowest BCUT2D eigenvalue weighted by Gasteiger charge is -2.12. The zero-order valence-corrected chi connectivity index (χ0v) is 14.9. The molecule has 0 fully saturated rings. The zero-order valence-electron chi connectivity index (χ0n) is 14.9. The quantitative estimate of drug-likeness (QED) is 0.387. The Labute approximate surface area is 158 Å². The molecule has 0 unspecified atom stereocenters. The Kier molecular flexibility index (Phi) is 6.80. The highest BCUT2D eigenvalue weighted by molar-refractivity contribution is 5.95. The van der Waals surface area contributed by atoms with Crippen molar-refractivity contribution in [2.24, 2.45) is 0 Å². The smallest absolute Gasteiger partial charge is 0.416 e. The lowest BCUT2D eigenvalue weighted by atomic mass is 10.1. The average molecular weight is 397 g/mol. The van der Waals surface area contributed by atoms with Crippen molar-refractivity contribution >= 4 is 17.3 Å². The Morgan fingerprint density at radius 3 is 2.43 bits per heavy atom. The first-order valence-corrected chi connectivity index (χ1v) is 8.37. The molecule has 0 heterocycles. The number of alkyl halides is 3. The minimum absolute atomic E-state index is 0.241. The average Bonchev–Trinajstić information content (AvgIpc) is 2.66. The summed E-state index contributed by atoms with van der Waals surface area (Å²) in [6.07, 6.45) is -2.83. The van der Waals surface area contributed by atoms with Gasteiger partial charge in [-0.3, -0.25) is 25.8 Å². The van der Waals surface area contributed by atoms with Crippen LogP contribution in [0.4, 0.5) is 24.5 Å². The van der Waals surface area contributed by atoms with Crippen LogP contribution in [0.15, 0.2) is 42.5 Å². The van der Waals surface area contributed by atoms with Crippen LogP contribution in [0.1, 0.15) is 35.7 Å². The second kappa shape index (κ2) is 9.07. The number of carbonyl (C=O) groups excluding carboxylic acids is 1. The van der Waals surface area contributed by atoms with Gasteiger partial charge in [0.1, 0.15) is 11.4 Å². The molecule has 0 spiro atoms. The molecule has 2 N–H and O–H groups in total. The summed E-state index contributed by atoms with van der Waals surface area (Å²) in [7, 11) is 0. The summed E-state index contributed by atoms with van der Waals surface area (Å²) >= 11 is 0. The lowest BCUT2D eigenvalue weighted by molar-refractivity contribution is -0.384. The number of halogens is 3. The summed E-state index contributed by atoms with van der Waals surface area (Å²) < 4.78 is 43.6. The van der Waals surface area contributed by atoms with Crippen molar-refractivity contribution in [2.75, 3.05) is 12.0 Å². The van der Waals surface area contributed by atoms with E-state index in [0.717, 1.165) is 18.9 Å².